The first-order valence-corrected chi connectivity index (χ1v) is 8.87. The van der Waals surface area contributed by atoms with Crippen molar-refractivity contribution in [2.24, 2.45) is 0 Å². The van der Waals surface area contributed by atoms with Gasteiger partial charge < -0.3 is 19.9 Å². The van der Waals surface area contributed by atoms with Gasteiger partial charge in [-0.15, -0.1) is 10.2 Å². The van der Waals surface area contributed by atoms with Gasteiger partial charge >= 0.3 is 0 Å². The van der Waals surface area contributed by atoms with Crippen LogP contribution >= 0.6 is 0 Å². The van der Waals surface area contributed by atoms with E-state index in [1.54, 1.807) is 0 Å². The lowest BCUT2D eigenvalue weighted by atomic mass is 9.90. The minimum atomic E-state index is -0.440. The molecule has 1 aromatic heterocycles. The number of nitrogens with one attached hydrogen (secondary N) is 1. The van der Waals surface area contributed by atoms with Crippen LogP contribution in [0.25, 0.3) is 11.3 Å². The van der Waals surface area contributed by atoms with Gasteiger partial charge in [-0.25, -0.2) is 0 Å². The first-order valence-electron chi connectivity index (χ1n) is 8.87. The number of benzene rings is 1. The number of rotatable bonds is 2. The van der Waals surface area contributed by atoms with E-state index < -0.39 is 5.60 Å². The van der Waals surface area contributed by atoms with E-state index in [4.69, 9.17) is 9.47 Å². The van der Waals surface area contributed by atoms with Crippen molar-refractivity contribution in [2.45, 2.75) is 37.9 Å². The predicted molar refractivity (Wildman–Crippen MR) is 92.6 cm³/mol. The van der Waals surface area contributed by atoms with Crippen molar-refractivity contribution in [1.29, 1.82) is 0 Å². The molecule has 3 aliphatic rings. The summed E-state index contributed by atoms with van der Waals surface area (Å²) in [6, 6.07) is 4.08. The Hall–Kier alpha value is -2.18. The summed E-state index contributed by atoms with van der Waals surface area (Å²) in [6.07, 6.45) is 3.87. The molecule has 0 radical (unpaired) electrons. The first kappa shape index (κ1) is 15.1. The van der Waals surface area contributed by atoms with Crippen molar-refractivity contribution in [3.8, 4) is 17.0 Å². The van der Waals surface area contributed by atoms with Crippen molar-refractivity contribution in [3.05, 3.63) is 34.4 Å². The number of nitrogens with zero attached hydrogens (tertiary/aromatic N) is 2. The van der Waals surface area contributed by atoms with E-state index in [1.165, 1.54) is 5.56 Å². The van der Waals surface area contributed by atoms with Crippen LogP contribution in [0.2, 0.25) is 0 Å². The number of hydrogen-bond donors (Lipinski definition) is 2. The van der Waals surface area contributed by atoms with Gasteiger partial charge in [-0.1, -0.05) is 6.07 Å². The van der Waals surface area contributed by atoms with Gasteiger partial charge in [-0.05, 0) is 36.5 Å². The number of fused-ring (bicyclic) bond motifs is 3. The van der Waals surface area contributed by atoms with Crippen LogP contribution in [-0.4, -0.2) is 35.6 Å². The molecule has 1 fully saturated rings. The molecule has 0 amide bonds. The van der Waals surface area contributed by atoms with Crippen LogP contribution in [-0.2, 0) is 34.5 Å². The standard InChI is InChI=1S/C19H21N3O3/c1-20-18-15-14(9-25-19(15)7-8-24-10-19)16(21-22-18)13-6-5-11-3-2-4-12(11)17(13)23/h5-6,23H,2-4,7-10H2,1H3,(H,20,22). The van der Waals surface area contributed by atoms with Crippen LogP contribution in [0, 0.1) is 0 Å². The molecule has 0 bridgehead atoms. The van der Waals surface area contributed by atoms with Crippen molar-refractivity contribution in [2.75, 3.05) is 25.6 Å². The van der Waals surface area contributed by atoms with Gasteiger partial charge in [0.15, 0.2) is 5.82 Å². The summed E-state index contributed by atoms with van der Waals surface area (Å²) in [5, 5.41) is 22.8. The quantitative estimate of drug-likeness (QED) is 0.876. The fourth-order valence-electron chi connectivity index (χ4n) is 4.47. The lowest BCUT2D eigenvalue weighted by molar-refractivity contribution is -0.0417. The molecule has 1 spiro atoms. The second-order valence-electron chi connectivity index (χ2n) is 7.04. The van der Waals surface area contributed by atoms with E-state index in [0.29, 0.717) is 25.6 Å². The predicted octanol–water partition coefficient (Wildman–Crippen LogP) is 2.53. The molecule has 2 aliphatic heterocycles. The van der Waals surface area contributed by atoms with Gasteiger partial charge in [0.1, 0.15) is 17.0 Å². The van der Waals surface area contributed by atoms with Gasteiger partial charge in [-0.3, -0.25) is 0 Å². The van der Waals surface area contributed by atoms with Crippen LogP contribution in [0.4, 0.5) is 5.82 Å². The third kappa shape index (κ3) is 2.04. The maximum atomic E-state index is 10.8. The molecule has 6 nitrogen and oxygen atoms in total. The number of ether oxygens (including phenoxy) is 2. The zero-order valence-corrected chi connectivity index (χ0v) is 14.3. The number of aromatic nitrogens is 2. The number of hydrogen-bond acceptors (Lipinski definition) is 6. The van der Waals surface area contributed by atoms with Gasteiger partial charge in [-0.2, -0.15) is 0 Å². The molecule has 1 aromatic carbocycles. The largest absolute Gasteiger partial charge is 0.507 e. The van der Waals surface area contributed by atoms with E-state index in [1.807, 2.05) is 13.1 Å². The highest BCUT2D eigenvalue weighted by molar-refractivity contribution is 5.75. The van der Waals surface area contributed by atoms with E-state index in [9.17, 15) is 5.11 Å². The molecular weight excluding hydrogens is 318 g/mol. The highest BCUT2D eigenvalue weighted by atomic mass is 16.6. The fourth-order valence-corrected chi connectivity index (χ4v) is 4.47. The van der Waals surface area contributed by atoms with Crippen LogP contribution < -0.4 is 5.32 Å². The molecule has 1 aliphatic carbocycles. The number of aromatic hydroxyl groups is 1. The Labute approximate surface area is 146 Å². The highest BCUT2D eigenvalue weighted by Crippen LogP contribution is 2.49. The van der Waals surface area contributed by atoms with Gasteiger partial charge in [0.2, 0.25) is 0 Å². The van der Waals surface area contributed by atoms with E-state index in [2.05, 4.69) is 21.6 Å². The van der Waals surface area contributed by atoms with Crippen LogP contribution in [0.3, 0.4) is 0 Å². The SMILES string of the molecule is CNc1nnc(-c2ccc3c(c2O)CCC3)c2c1C1(CCOC1)OC2. The lowest BCUT2D eigenvalue weighted by Gasteiger charge is -2.23. The molecule has 2 N–H and O–H groups in total. The second-order valence-corrected chi connectivity index (χ2v) is 7.04. The van der Waals surface area contributed by atoms with Crippen molar-refractivity contribution >= 4 is 5.82 Å². The Morgan fingerprint density at radius 1 is 1.20 bits per heavy atom. The molecule has 1 unspecified atom stereocenters. The van der Waals surface area contributed by atoms with Crippen LogP contribution in [0.1, 0.15) is 35.1 Å². The zero-order valence-electron chi connectivity index (χ0n) is 14.3. The monoisotopic (exact) mass is 339 g/mol. The molecular formula is C19H21N3O3. The third-order valence-corrected chi connectivity index (χ3v) is 5.75. The van der Waals surface area contributed by atoms with E-state index in [0.717, 1.165) is 59.4 Å². The molecule has 2 aromatic rings. The normalized spacial score (nSPS) is 23.9. The summed E-state index contributed by atoms with van der Waals surface area (Å²) in [5.41, 5.74) is 5.40. The molecule has 3 heterocycles. The summed E-state index contributed by atoms with van der Waals surface area (Å²) < 4.78 is 11.8. The number of aryl methyl sites for hydroxylation is 1. The topological polar surface area (TPSA) is 76.5 Å². The van der Waals surface area contributed by atoms with Crippen molar-refractivity contribution < 1.29 is 14.6 Å². The fraction of sp³-hybridized carbons (Fsp3) is 0.474. The van der Waals surface area contributed by atoms with Crippen molar-refractivity contribution in [1.82, 2.24) is 10.2 Å². The Morgan fingerprint density at radius 3 is 2.92 bits per heavy atom. The molecule has 1 atom stereocenters. The highest BCUT2D eigenvalue weighted by Gasteiger charge is 2.47. The number of anilines is 1. The molecule has 130 valence electrons. The maximum absolute atomic E-state index is 10.8. The average molecular weight is 339 g/mol. The Bertz CT molecular complexity index is 859. The first-order chi connectivity index (χ1) is 12.2. The van der Waals surface area contributed by atoms with E-state index in [-0.39, 0.29) is 0 Å². The molecule has 1 saturated heterocycles. The van der Waals surface area contributed by atoms with E-state index >= 15 is 0 Å². The average Bonchev–Trinajstić information content (AvgIpc) is 3.37. The van der Waals surface area contributed by atoms with Crippen molar-refractivity contribution in [3.63, 3.8) is 0 Å². The zero-order chi connectivity index (χ0) is 17.0. The van der Waals surface area contributed by atoms with Gasteiger partial charge in [0, 0.05) is 36.8 Å². The molecule has 25 heavy (non-hydrogen) atoms. The lowest BCUT2D eigenvalue weighted by Crippen LogP contribution is -2.26. The minimum Gasteiger partial charge on any atom is -0.507 e. The Morgan fingerprint density at radius 2 is 2.12 bits per heavy atom. The van der Waals surface area contributed by atoms with Gasteiger partial charge in [0.05, 0.1) is 13.2 Å². The van der Waals surface area contributed by atoms with Gasteiger partial charge in [0.25, 0.3) is 0 Å². The van der Waals surface area contributed by atoms with Crippen LogP contribution in [0.15, 0.2) is 12.1 Å². The summed E-state index contributed by atoms with van der Waals surface area (Å²) >= 11 is 0. The molecule has 6 heteroatoms. The maximum Gasteiger partial charge on any atom is 0.155 e. The molecule has 0 saturated carbocycles. The summed E-state index contributed by atoms with van der Waals surface area (Å²) in [7, 11) is 1.85. The van der Waals surface area contributed by atoms with Crippen LogP contribution in [0.5, 0.6) is 5.75 Å². The summed E-state index contributed by atoms with van der Waals surface area (Å²) in [5.74, 6) is 1.09. The number of phenols is 1. The second kappa shape index (κ2) is 5.41. The summed E-state index contributed by atoms with van der Waals surface area (Å²) in [4.78, 5) is 0. The smallest absolute Gasteiger partial charge is 0.155 e. The number of phenolic OH excluding ortho intramolecular Hbond substituents is 1. The summed E-state index contributed by atoms with van der Waals surface area (Å²) in [6.45, 7) is 1.69. The minimum absolute atomic E-state index is 0.354. The third-order valence-electron chi connectivity index (χ3n) is 5.75. The Balaban J connectivity index is 1.71. The Kier molecular flexibility index (Phi) is 3.27. The molecule has 5 rings (SSSR count).